The molecule has 4 N–H and O–H groups in total. The summed E-state index contributed by atoms with van der Waals surface area (Å²) in [5, 5.41) is 10.4. The molecule has 0 saturated carbocycles. The number of nitrogens with zero attached hydrogens (tertiary/aromatic N) is 4. The summed E-state index contributed by atoms with van der Waals surface area (Å²) in [5.74, 6) is 0.769. The van der Waals surface area contributed by atoms with Gasteiger partial charge in [-0.05, 0) is 49.5 Å². The molecule has 0 radical (unpaired) electrons. The molecule has 2 aliphatic rings. The number of allylic oxidation sites excluding steroid dienone is 2. The van der Waals surface area contributed by atoms with Gasteiger partial charge in [0.25, 0.3) is 0 Å². The lowest BCUT2D eigenvalue weighted by molar-refractivity contribution is -0.0408. The molecule has 174 valence electrons. The normalized spacial score (nSPS) is 27.9. The summed E-state index contributed by atoms with van der Waals surface area (Å²) in [6, 6.07) is 0. The van der Waals surface area contributed by atoms with Crippen molar-refractivity contribution in [3.05, 3.63) is 36.5 Å². The van der Waals surface area contributed by atoms with E-state index in [2.05, 4.69) is 27.6 Å². The zero-order chi connectivity index (χ0) is 22.9. The van der Waals surface area contributed by atoms with Gasteiger partial charge in [0.05, 0.1) is 25.6 Å². The molecule has 4 rings (SSSR count). The van der Waals surface area contributed by atoms with Gasteiger partial charge in [0.15, 0.2) is 11.5 Å². The fourth-order valence-corrected chi connectivity index (χ4v) is 5.03. The van der Waals surface area contributed by atoms with Crippen LogP contribution < -0.4 is 5.73 Å². The Bertz CT molecular complexity index is 1080. The highest BCUT2D eigenvalue weighted by atomic mass is 32.5. The molecular formula is C20H28N5O5PS. The van der Waals surface area contributed by atoms with E-state index < -0.39 is 25.2 Å². The van der Waals surface area contributed by atoms with Crippen LogP contribution in [-0.4, -0.2) is 54.9 Å². The van der Waals surface area contributed by atoms with E-state index in [0.29, 0.717) is 23.5 Å². The largest absolute Gasteiger partial charge is 0.390 e. The van der Waals surface area contributed by atoms with Gasteiger partial charge in [-0.25, -0.2) is 15.0 Å². The van der Waals surface area contributed by atoms with Crippen LogP contribution in [0.3, 0.4) is 0 Å². The minimum Gasteiger partial charge on any atom is -0.390 e. The average molecular weight is 482 g/mol. The minimum atomic E-state index is -3.47. The summed E-state index contributed by atoms with van der Waals surface area (Å²) < 4.78 is 18.6. The molecule has 1 aliphatic carbocycles. The van der Waals surface area contributed by atoms with Gasteiger partial charge in [0.1, 0.15) is 24.2 Å². The van der Waals surface area contributed by atoms with Gasteiger partial charge < -0.3 is 29.5 Å². The molecule has 0 aromatic carbocycles. The Labute approximate surface area is 191 Å². The van der Waals surface area contributed by atoms with Crippen molar-refractivity contribution in [1.82, 2.24) is 19.5 Å². The third-order valence-corrected chi connectivity index (χ3v) is 7.48. The highest BCUT2D eigenvalue weighted by Gasteiger charge is 2.37. The van der Waals surface area contributed by atoms with Gasteiger partial charge in [-0.1, -0.05) is 18.2 Å². The Morgan fingerprint density at radius 1 is 1.41 bits per heavy atom. The Morgan fingerprint density at radius 3 is 2.94 bits per heavy atom. The lowest BCUT2D eigenvalue weighted by atomic mass is 9.86. The number of nitrogens with two attached hydrogens (primary N) is 1. The molecule has 1 fully saturated rings. The fraction of sp³-hybridized carbons (Fsp3) is 0.550. The van der Waals surface area contributed by atoms with E-state index in [9.17, 15) is 10.00 Å². The first kappa shape index (κ1) is 23.4. The molecule has 0 spiro atoms. The molecule has 3 heterocycles. The van der Waals surface area contributed by atoms with Crippen molar-refractivity contribution < 1.29 is 23.8 Å². The van der Waals surface area contributed by atoms with Crippen molar-refractivity contribution in [3.8, 4) is 0 Å². The molecule has 0 amide bonds. The number of aliphatic hydroxyl groups is 1. The molecule has 0 bridgehead atoms. The third kappa shape index (κ3) is 5.26. The lowest BCUT2D eigenvalue weighted by Crippen LogP contribution is -2.26. The first-order chi connectivity index (χ1) is 15.2. The van der Waals surface area contributed by atoms with Crippen LogP contribution in [0.5, 0.6) is 0 Å². The molecule has 2 aromatic rings. The van der Waals surface area contributed by atoms with E-state index in [1.165, 1.54) is 11.9 Å². The summed E-state index contributed by atoms with van der Waals surface area (Å²) in [6.07, 6.45) is 6.14. The predicted octanol–water partition coefficient (Wildman–Crippen LogP) is 2.61. The number of nitrogen functional groups attached to an aromatic ring is 1. The molecule has 1 saturated heterocycles. The summed E-state index contributed by atoms with van der Waals surface area (Å²) in [7, 11) is 0. The quantitative estimate of drug-likeness (QED) is 0.381. The second-order valence-corrected chi connectivity index (χ2v) is 11.1. The van der Waals surface area contributed by atoms with Crippen LogP contribution in [0, 0.1) is 5.92 Å². The molecule has 32 heavy (non-hydrogen) atoms. The van der Waals surface area contributed by atoms with Crippen molar-refractivity contribution in [1.29, 1.82) is 0 Å². The highest BCUT2D eigenvalue weighted by Crippen LogP contribution is 2.46. The van der Waals surface area contributed by atoms with Crippen LogP contribution in [0.15, 0.2) is 36.5 Å². The number of anilines is 1. The van der Waals surface area contributed by atoms with E-state index in [4.69, 9.17) is 31.3 Å². The zero-order valence-electron chi connectivity index (χ0n) is 17.8. The van der Waals surface area contributed by atoms with Gasteiger partial charge in [-0.15, -0.1) is 0 Å². The van der Waals surface area contributed by atoms with E-state index in [-0.39, 0.29) is 19.0 Å². The number of hydrogen-bond donors (Lipinski definition) is 3. The predicted molar refractivity (Wildman–Crippen MR) is 123 cm³/mol. The van der Waals surface area contributed by atoms with Crippen LogP contribution in [0.4, 0.5) is 5.82 Å². The number of ether oxygens (including phenoxy) is 1. The number of fused-ring (bicyclic) bond motifs is 1. The average Bonchev–Trinajstić information content (AvgIpc) is 3.35. The van der Waals surface area contributed by atoms with Gasteiger partial charge in [0.2, 0.25) is 0 Å². The van der Waals surface area contributed by atoms with E-state index in [1.54, 1.807) is 10.9 Å². The molecule has 12 heteroatoms. The number of hydrogen-bond acceptors (Lipinski definition) is 9. The Hall–Kier alpha value is -1.72. The third-order valence-electron chi connectivity index (χ3n) is 5.92. The molecule has 5 atom stereocenters. The number of aliphatic hydroxyl groups excluding tert-OH is 1. The van der Waals surface area contributed by atoms with Gasteiger partial charge in [-0.2, -0.15) is 0 Å². The van der Waals surface area contributed by atoms with Gasteiger partial charge in [0, 0.05) is 6.42 Å². The maximum absolute atomic E-state index is 10.4. The lowest BCUT2D eigenvalue weighted by Gasteiger charge is -2.24. The SMILES string of the molecule is C=C(C)[C@@H]1CC=C(COP(O)(=S)OC[C@H]2O[C@@H](n3cnc4c(N)ncnc43)C[C@@H]2O)CC1. The summed E-state index contributed by atoms with van der Waals surface area (Å²) in [5.41, 5.74) is 9.09. The molecule has 2 aromatic heterocycles. The van der Waals surface area contributed by atoms with Gasteiger partial charge >= 0.3 is 6.72 Å². The molecule has 1 aliphatic heterocycles. The molecule has 10 nitrogen and oxygen atoms in total. The monoisotopic (exact) mass is 481 g/mol. The number of rotatable bonds is 8. The van der Waals surface area contributed by atoms with E-state index in [0.717, 1.165) is 24.8 Å². The number of imidazole rings is 1. The smallest absolute Gasteiger partial charge is 0.324 e. The topological polar surface area (TPSA) is 138 Å². The Balaban J connectivity index is 1.30. The van der Waals surface area contributed by atoms with Crippen LogP contribution >= 0.6 is 6.72 Å². The van der Waals surface area contributed by atoms with Crippen LogP contribution in [0.2, 0.25) is 0 Å². The van der Waals surface area contributed by atoms with Crippen molar-refractivity contribution >= 4 is 35.5 Å². The second-order valence-electron chi connectivity index (χ2n) is 8.23. The van der Waals surface area contributed by atoms with Gasteiger partial charge in [-0.3, -0.25) is 4.57 Å². The zero-order valence-corrected chi connectivity index (χ0v) is 19.5. The van der Waals surface area contributed by atoms with Crippen LogP contribution in [0.1, 0.15) is 38.8 Å². The first-order valence-electron chi connectivity index (χ1n) is 10.4. The minimum absolute atomic E-state index is 0.0913. The van der Waals surface area contributed by atoms with Crippen molar-refractivity contribution in [2.45, 2.75) is 51.0 Å². The summed E-state index contributed by atoms with van der Waals surface area (Å²) in [6.45, 7) is 2.73. The first-order valence-corrected chi connectivity index (χ1v) is 13.0. The van der Waals surface area contributed by atoms with Crippen molar-refractivity contribution in [2.24, 2.45) is 5.92 Å². The fourth-order valence-electron chi connectivity index (χ4n) is 3.95. The standard InChI is InChI=1S/C20H28N5O5PS/c1-12(2)14-5-3-13(4-6-14)8-28-31(27,32)29-9-16-15(26)7-17(30-16)25-11-24-18-19(21)22-10-23-20(18)25/h3,10-11,14-17,26H,1,4-9H2,2H3,(H,27,32)(H2,21,22,23)/t14-,15+,16-,17-,31?/m1/s1. The molecular weight excluding hydrogens is 453 g/mol. The maximum Gasteiger partial charge on any atom is 0.324 e. The van der Waals surface area contributed by atoms with E-state index >= 15 is 0 Å². The number of aromatic nitrogens is 4. The second kappa shape index (κ2) is 9.64. The van der Waals surface area contributed by atoms with Crippen LogP contribution in [0.25, 0.3) is 11.2 Å². The summed E-state index contributed by atoms with van der Waals surface area (Å²) >= 11 is 5.13. The van der Waals surface area contributed by atoms with Crippen molar-refractivity contribution in [3.63, 3.8) is 0 Å². The summed E-state index contributed by atoms with van der Waals surface area (Å²) in [4.78, 5) is 22.7. The Kier molecular flexibility index (Phi) is 7.06. The van der Waals surface area contributed by atoms with Crippen LogP contribution in [-0.2, 0) is 25.6 Å². The highest BCUT2D eigenvalue weighted by molar-refractivity contribution is 8.07. The van der Waals surface area contributed by atoms with Crippen molar-refractivity contribution in [2.75, 3.05) is 18.9 Å². The molecule has 1 unspecified atom stereocenters. The maximum atomic E-state index is 10.4. The van der Waals surface area contributed by atoms with E-state index in [1.807, 2.05) is 6.92 Å². The Morgan fingerprint density at radius 2 is 2.22 bits per heavy atom.